The first-order valence-corrected chi connectivity index (χ1v) is 12.4. The predicted molar refractivity (Wildman–Crippen MR) is 168 cm³/mol. The topological polar surface area (TPSA) is 108 Å². The molecule has 0 saturated heterocycles. The molecule has 0 bridgehead atoms. The van der Waals surface area contributed by atoms with Gasteiger partial charge in [-0.05, 0) is 24.3 Å². The van der Waals surface area contributed by atoms with Crippen LogP contribution < -0.4 is 118 Å². The van der Waals surface area contributed by atoms with Crippen LogP contribution >= 0.6 is 15.9 Å². The zero-order valence-corrected chi connectivity index (χ0v) is 30.6. The summed E-state index contributed by atoms with van der Waals surface area (Å²) in [6.45, 7) is 11.6. The zero-order valence-electron chi connectivity index (χ0n) is 23.8. The molecule has 7 nitrogen and oxygen atoms in total. The van der Waals surface area contributed by atoms with E-state index >= 15 is 0 Å². The monoisotopic (exact) mass is 692 g/mol. The van der Waals surface area contributed by atoms with Crippen molar-refractivity contribution in [2.75, 3.05) is 18.5 Å². The number of alkyl halides is 1. The molecule has 4 rings (SSSR count). The Morgan fingerprint density at radius 3 is 1.29 bits per heavy atom. The van der Waals surface area contributed by atoms with Crippen molar-refractivity contribution in [1.29, 1.82) is 0 Å². The molecule has 0 heterocycles. The molecule has 10 heteroatoms. The molecule has 0 radical (unpaired) electrons. The molecule has 0 amide bonds. The van der Waals surface area contributed by atoms with Crippen LogP contribution in [0.5, 0.6) is 23.0 Å². The molecule has 0 unspecified atom stereocenters. The number of ether oxygens (including phenoxy) is 2. The zero-order chi connectivity index (χ0) is 28.2. The van der Waals surface area contributed by atoms with Gasteiger partial charge in [0.1, 0.15) is 36.2 Å². The third-order valence-electron chi connectivity index (χ3n) is 4.58. The summed E-state index contributed by atoms with van der Waals surface area (Å²) < 4.78 is 11.3. The van der Waals surface area contributed by atoms with Crippen molar-refractivity contribution >= 4 is 43.9 Å². The van der Waals surface area contributed by atoms with E-state index in [2.05, 4.69) is 40.6 Å². The smallest absolute Gasteiger partial charge is 1.00 e. The second kappa shape index (κ2) is 30.0. The maximum atomic E-state index is 9.38. The van der Waals surface area contributed by atoms with Crippen molar-refractivity contribution in [1.82, 2.24) is 0 Å². The molecule has 0 atom stereocenters. The minimum Gasteiger partial charge on any atom is -1.00 e. The fourth-order valence-corrected chi connectivity index (χ4v) is 3.08. The molecular weight excluding hydrogens is 654 g/mol. The van der Waals surface area contributed by atoms with Crippen LogP contribution in [-0.2, 0) is 9.68 Å². The van der Waals surface area contributed by atoms with Gasteiger partial charge in [-0.25, -0.2) is 0 Å². The number of fused-ring (bicyclic) bond motifs is 2. The third-order valence-corrected chi connectivity index (χ3v) is 5.04. The Balaban J connectivity index is -0.000000169. The van der Waals surface area contributed by atoms with Gasteiger partial charge >= 0.3 is 103 Å². The summed E-state index contributed by atoms with van der Waals surface area (Å²) in [6.07, 6.45) is 5.26. The summed E-state index contributed by atoms with van der Waals surface area (Å²) in [5, 5.41) is 31.5. The van der Waals surface area contributed by atoms with Crippen molar-refractivity contribution < 1.29 is 139 Å². The van der Waals surface area contributed by atoms with E-state index in [1.54, 1.807) is 54.6 Å². The first kappa shape index (κ1) is 47.9. The van der Waals surface area contributed by atoms with Gasteiger partial charge in [0.2, 0.25) is 0 Å². The predicted octanol–water partition coefficient (Wildman–Crippen LogP) is 1.62. The van der Waals surface area contributed by atoms with E-state index in [1.165, 1.54) is 0 Å². The molecule has 0 spiro atoms. The van der Waals surface area contributed by atoms with Crippen molar-refractivity contribution in [2.24, 2.45) is 0 Å². The molecule has 0 saturated carbocycles. The number of hydrogen-bond donors (Lipinski definition) is 2. The van der Waals surface area contributed by atoms with E-state index in [-0.39, 0.29) is 137 Å². The number of carbonyl (C=O) groups is 1. The van der Waals surface area contributed by atoms with Crippen LogP contribution in [0.25, 0.3) is 21.5 Å². The molecule has 2 N–H and O–H groups in total. The molecule has 0 aromatic heterocycles. The summed E-state index contributed by atoms with van der Waals surface area (Å²) in [6, 6.07) is 22.0. The van der Waals surface area contributed by atoms with Gasteiger partial charge in [0, 0.05) is 26.9 Å². The number of benzene rings is 4. The summed E-state index contributed by atoms with van der Waals surface area (Å²) in [4.78, 5) is 11.2. The summed E-state index contributed by atoms with van der Waals surface area (Å²) >= 11 is 3.13. The molecule has 42 heavy (non-hydrogen) atoms. The van der Waals surface area contributed by atoms with E-state index < -0.39 is 0 Å². The number of carbonyl (C=O) groups excluding carboxylic acids is 1. The Morgan fingerprint density at radius 1 is 0.690 bits per heavy atom. The minimum absolute atomic E-state index is 0. The number of halogens is 1. The molecular formula is C32H39BrK2O7. The summed E-state index contributed by atoms with van der Waals surface area (Å²) in [7, 11) is 0. The second-order valence-electron chi connectivity index (χ2n) is 7.09. The standard InChI is InChI=1S/C16H16O2.C10H8O2.C3H5Br.CH2O3.2CH4.2K.H/c1-3-11-17-15-9-5-8-14-13(15)7-6-10-16(14)18-12-4-2;11-9-5-1-3-7-8(9)4-2-6-10(7)12;1-2-3-4;2-1-4-3;;;;;/h3-10H,1-2,11-12H2;1-6,11-12H;2H,1,3H2;1,3H;2*1H4;;;/q;;;;;;2*+1;-1/p-1. The number of rotatable bonds is 8. The third kappa shape index (κ3) is 17.3. The fourth-order valence-electron chi connectivity index (χ4n) is 3.08. The molecule has 0 aliphatic heterocycles. The quantitative estimate of drug-likeness (QED) is 0.0722. The molecule has 4 aromatic carbocycles. The summed E-state index contributed by atoms with van der Waals surface area (Å²) in [5.41, 5.74) is 0. The van der Waals surface area contributed by atoms with Gasteiger partial charge in [0.15, 0.2) is 0 Å². The van der Waals surface area contributed by atoms with Gasteiger partial charge in [-0.3, -0.25) is 4.79 Å². The van der Waals surface area contributed by atoms with Gasteiger partial charge in [0.25, 0.3) is 6.47 Å². The van der Waals surface area contributed by atoms with Crippen LogP contribution in [0, 0.1) is 0 Å². The maximum absolute atomic E-state index is 9.38. The van der Waals surface area contributed by atoms with Crippen LogP contribution in [0.1, 0.15) is 16.3 Å². The van der Waals surface area contributed by atoms with Gasteiger partial charge in [-0.2, -0.15) is 0 Å². The van der Waals surface area contributed by atoms with Crippen molar-refractivity contribution in [3.8, 4) is 23.0 Å². The number of hydrogen-bond acceptors (Lipinski definition) is 7. The molecule has 4 aromatic rings. The van der Waals surface area contributed by atoms with Crippen LogP contribution in [-0.4, -0.2) is 35.2 Å². The first-order valence-electron chi connectivity index (χ1n) is 11.3. The SMILES string of the molecule is C.C.C=CCBr.C=CCOc1cccc2c(OCC=C)cccc12.O=CO[O-].Oc1cccc2c(O)cccc12.[H-].[K+].[K+]. The van der Waals surface area contributed by atoms with E-state index in [0.29, 0.717) is 24.0 Å². The molecule has 0 fully saturated rings. The van der Waals surface area contributed by atoms with E-state index in [1.807, 2.05) is 36.4 Å². The van der Waals surface area contributed by atoms with Crippen molar-refractivity contribution in [3.63, 3.8) is 0 Å². The number of phenols is 2. The Kier molecular flexibility index (Phi) is 34.3. The minimum atomic E-state index is -0.181. The van der Waals surface area contributed by atoms with Gasteiger partial charge in [-0.1, -0.05) is 111 Å². The second-order valence-corrected chi connectivity index (χ2v) is 7.74. The summed E-state index contributed by atoms with van der Waals surface area (Å²) in [5.74, 6) is 2.08. The molecule has 0 aliphatic carbocycles. The van der Waals surface area contributed by atoms with Gasteiger partial charge in [-0.15, -0.1) is 6.58 Å². The number of phenolic OH excluding ortho intramolecular Hbond substituents is 2. The van der Waals surface area contributed by atoms with Gasteiger partial charge in [0.05, 0.1) is 0 Å². The van der Waals surface area contributed by atoms with Crippen LogP contribution in [0.4, 0.5) is 0 Å². The number of allylic oxidation sites excluding steroid dienone is 1. The van der Waals surface area contributed by atoms with E-state index in [4.69, 9.17) is 19.5 Å². The first-order chi connectivity index (χ1) is 18.5. The molecule has 218 valence electrons. The van der Waals surface area contributed by atoms with Crippen LogP contribution in [0.15, 0.2) is 111 Å². The van der Waals surface area contributed by atoms with E-state index in [9.17, 15) is 10.2 Å². The van der Waals surface area contributed by atoms with Crippen molar-refractivity contribution in [2.45, 2.75) is 14.9 Å². The largest absolute Gasteiger partial charge is 1.00 e. The Morgan fingerprint density at radius 2 is 1.00 bits per heavy atom. The van der Waals surface area contributed by atoms with Crippen LogP contribution in [0.3, 0.4) is 0 Å². The maximum Gasteiger partial charge on any atom is 1.00 e. The fraction of sp³-hybridized carbons (Fsp3) is 0.156. The van der Waals surface area contributed by atoms with Gasteiger partial charge < -0.3 is 31.3 Å². The van der Waals surface area contributed by atoms with Crippen LogP contribution in [0.2, 0.25) is 0 Å². The average Bonchev–Trinajstić information content (AvgIpc) is 2.96. The Labute approximate surface area is 344 Å². The van der Waals surface area contributed by atoms with E-state index in [0.717, 1.165) is 27.6 Å². The Hall–Kier alpha value is -0.997. The Bertz CT molecular complexity index is 1220. The van der Waals surface area contributed by atoms with Crippen molar-refractivity contribution in [3.05, 3.63) is 111 Å². The number of aromatic hydroxyl groups is 2. The average molecular weight is 694 g/mol. The molecule has 0 aliphatic rings. The normalized spacial score (nSPS) is 8.33.